The molecule has 2 rings (SSSR count). The van der Waals surface area contributed by atoms with Gasteiger partial charge >= 0.3 is 0 Å². The minimum absolute atomic E-state index is 0.292. The molecule has 0 aliphatic rings. The molecule has 0 radical (unpaired) electrons. The van der Waals surface area contributed by atoms with Gasteiger partial charge in [0.15, 0.2) is 11.5 Å². The first-order valence-corrected chi connectivity index (χ1v) is 3.97. The molecule has 0 saturated heterocycles. The molecule has 0 fully saturated rings. The summed E-state index contributed by atoms with van der Waals surface area (Å²) in [5.41, 5.74) is 0. The van der Waals surface area contributed by atoms with Crippen LogP contribution in [-0.2, 0) is 0 Å². The molecule has 0 aliphatic carbocycles. The van der Waals surface area contributed by atoms with Gasteiger partial charge in [-0.2, -0.15) is 0 Å². The zero-order valence-electron chi connectivity index (χ0n) is 7.10. The Morgan fingerprint density at radius 1 is 0.571 bits per heavy atom. The van der Waals surface area contributed by atoms with Crippen LogP contribution in [0.15, 0.2) is 24.3 Å². The predicted molar refractivity (Wildman–Crippen MR) is 50.6 cm³/mol. The highest BCUT2D eigenvalue weighted by Gasteiger charge is 2.16. The summed E-state index contributed by atoms with van der Waals surface area (Å²) in [6.07, 6.45) is 0. The smallest absolute Gasteiger partial charge is 0.204 e. The molecule has 4 N–H and O–H groups in total. The van der Waals surface area contributed by atoms with Crippen LogP contribution in [-0.4, -0.2) is 20.4 Å². The average molecular weight is 192 g/mol. The number of hydrogen-bond donors (Lipinski definition) is 4. The summed E-state index contributed by atoms with van der Waals surface area (Å²) in [5.74, 6) is -2.28. The summed E-state index contributed by atoms with van der Waals surface area (Å²) < 4.78 is 0. The number of aromatic hydroxyl groups is 4. The van der Waals surface area contributed by atoms with Gasteiger partial charge in [-0.15, -0.1) is 0 Å². The SMILES string of the molecule is Oc1c(O)c(O)c2ccccc2c1O. The summed E-state index contributed by atoms with van der Waals surface area (Å²) >= 11 is 0. The highest BCUT2D eigenvalue weighted by atomic mass is 16.3. The molecular weight excluding hydrogens is 184 g/mol. The Morgan fingerprint density at radius 2 is 0.929 bits per heavy atom. The molecule has 2 aromatic carbocycles. The zero-order valence-corrected chi connectivity index (χ0v) is 7.10. The summed E-state index contributed by atoms with van der Waals surface area (Å²) in [6.45, 7) is 0. The molecule has 72 valence electrons. The van der Waals surface area contributed by atoms with E-state index in [2.05, 4.69) is 0 Å². The molecule has 0 amide bonds. The van der Waals surface area contributed by atoms with Gasteiger partial charge in [-0.1, -0.05) is 24.3 Å². The topological polar surface area (TPSA) is 80.9 Å². The van der Waals surface area contributed by atoms with Crippen molar-refractivity contribution >= 4 is 10.8 Å². The van der Waals surface area contributed by atoms with Crippen LogP contribution in [0.1, 0.15) is 0 Å². The van der Waals surface area contributed by atoms with Crippen LogP contribution < -0.4 is 0 Å². The molecule has 2 aromatic rings. The van der Waals surface area contributed by atoms with Gasteiger partial charge in [0.1, 0.15) is 0 Å². The maximum absolute atomic E-state index is 9.44. The van der Waals surface area contributed by atoms with E-state index in [0.717, 1.165) is 0 Å². The molecule has 0 aliphatic heterocycles. The van der Waals surface area contributed by atoms with Gasteiger partial charge in [-0.3, -0.25) is 0 Å². The number of rotatable bonds is 0. The van der Waals surface area contributed by atoms with E-state index in [1.54, 1.807) is 12.1 Å². The van der Waals surface area contributed by atoms with Gasteiger partial charge in [-0.05, 0) is 0 Å². The first kappa shape index (κ1) is 8.50. The number of hydrogen-bond acceptors (Lipinski definition) is 4. The van der Waals surface area contributed by atoms with E-state index in [-0.39, 0.29) is 0 Å². The lowest BCUT2D eigenvalue weighted by Gasteiger charge is -2.07. The van der Waals surface area contributed by atoms with Crippen LogP contribution in [0.2, 0.25) is 0 Å². The molecule has 0 unspecified atom stereocenters. The Hall–Kier alpha value is -2.10. The average Bonchev–Trinajstić information content (AvgIpc) is 2.23. The van der Waals surface area contributed by atoms with Crippen molar-refractivity contribution in [2.75, 3.05) is 0 Å². The van der Waals surface area contributed by atoms with Crippen molar-refractivity contribution in [3.05, 3.63) is 24.3 Å². The van der Waals surface area contributed by atoms with Crippen LogP contribution in [0.5, 0.6) is 23.0 Å². The zero-order chi connectivity index (χ0) is 10.3. The van der Waals surface area contributed by atoms with Crippen LogP contribution in [0.3, 0.4) is 0 Å². The molecule has 0 heterocycles. The summed E-state index contributed by atoms with van der Waals surface area (Å²) in [6, 6.07) is 6.36. The summed E-state index contributed by atoms with van der Waals surface area (Å²) in [7, 11) is 0. The highest BCUT2D eigenvalue weighted by Crippen LogP contribution is 2.48. The van der Waals surface area contributed by atoms with Gasteiger partial charge < -0.3 is 20.4 Å². The van der Waals surface area contributed by atoms with E-state index in [0.29, 0.717) is 10.8 Å². The van der Waals surface area contributed by atoms with Crippen LogP contribution in [0.4, 0.5) is 0 Å². The van der Waals surface area contributed by atoms with E-state index in [4.69, 9.17) is 0 Å². The third-order valence-corrected chi connectivity index (χ3v) is 2.11. The largest absolute Gasteiger partial charge is 0.504 e. The molecular formula is C10H8O4. The van der Waals surface area contributed by atoms with Crippen LogP contribution in [0.25, 0.3) is 10.8 Å². The molecule has 0 bridgehead atoms. The molecule has 0 spiro atoms. The minimum atomic E-state index is -0.707. The van der Waals surface area contributed by atoms with Crippen molar-refractivity contribution in [1.82, 2.24) is 0 Å². The maximum atomic E-state index is 9.44. The summed E-state index contributed by atoms with van der Waals surface area (Å²) in [4.78, 5) is 0. The lowest BCUT2D eigenvalue weighted by Crippen LogP contribution is -1.78. The normalized spacial score (nSPS) is 10.6. The van der Waals surface area contributed by atoms with E-state index in [9.17, 15) is 20.4 Å². The van der Waals surface area contributed by atoms with E-state index in [1.165, 1.54) is 12.1 Å². The van der Waals surface area contributed by atoms with E-state index in [1.807, 2.05) is 0 Å². The Labute approximate surface area is 79.3 Å². The highest BCUT2D eigenvalue weighted by molar-refractivity contribution is 5.97. The first-order chi connectivity index (χ1) is 6.63. The standard InChI is InChI=1S/C10H8O4/c11-7-5-3-1-2-4-6(5)8(12)10(14)9(7)13/h1-4,11-14H. The molecule has 0 saturated carbocycles. The molecule has 4 heteroatoms. The Bertz CT molecular complexity index is 458. The van der Waals surface area contributed by atoms with Gasteiger partial charge in [0.25, 0.3) is 0 Å². The Kier molecular flexibility index (Phi) is 1.64. The number of fused-ring (bicyclic) bond motifs is 1. The van der Waals surface area contributed by atoms with Crippen LogP contribution >= 0.6 is 0 Å². The third kappa shape index (κ3) is 0.939. The number of benzene rings is 2. The fourth-order valence-electron chi connectivity index (χ4n) is 1.38. The second-order valence-electron chi connectivity index (χ2n) is 2.94. The fourth-order valence-corrected chi connectivity index (χ4v) is 1.38. The Balaban J connectivity index is 3.02. The van der Waals surface area contributed by atoms with Crippen molar-refractivity contribution in [2.45, 2.75) is 0 Å². The molecule has 0 aromatic heterocycles. The van der Waals surface area contributed by atoms with Gasteiger partial charge in [-0.25, -0.2) is 0 Å². The second kappa shape index (κ2) is 2.70. The van der Waals surface area contributed by atoms with Crippen molar-refractivity contribution < 1.29 is 20.4 Å². The molecule has 14 heavy (non-hydrogen) atoms. The molecule has 0 atom stereocenters. The monoisotopic (exact) mass is 192 g/mol. The third-order valence-electron chi connectivity index (χ3n) is 2.11. The quantitative estimate of drug-likeness (QED) is 0.378. The van der Waals surface area contributed by atoms with Crippen molar-refractivity contribution in [2.24, 2.45) is 0 Å². The van der Waals surface area contributed by atoms with Crippen molar-refractivity contribution in [1.29, 1.82) is 0 Å². The second-order valence-corrected chi connectivity index (χ2v) is 2.94. The van der Waals surface area contributed by atoms with E-state index < -0.39 is 23.0 Å². The lowest BCUT2D eigenvalue weighted by molar-refractivity contribution is 0.351. The van der Waals surface area contributed by atoms with Crippen molar-refractivity contribution in [3.63, 3.8) is 0 Å². The summed E-state index contributed by atoms with van der Waals surface area (Å²) in [5, 5.41) is 37.9. The lowest BCUT2D eigenvalue weighted by atomic mass is 10.1. The minimum Gasteiger partial charge on any atom is -0.504 e. The van der Waals surface area contributed by atoms with Crippen LogP contribution in [0, 0.1) is 0 Å². The number of phenols is 4. The van der Waals surface area contributed by atoms with E-state index >= 15 is 0 Å². The number of phenolic OH excluding ortho intramolecular Hbond substituents is 4. The first-order valence-electron chi connectivity index (χ1n) is 3.97. The van der Waals surface area contributed by atoms with Gasteiger partial charge in [0.2, 0.25) is 11.5 Å². The predicted octanol–water partition coefficient (Wildman–Crippen LogP) is 1.66. The fraction of sp³-hybridized carbons (Fsp3) is 0. The molecule has 4 nitrogen and oxygen atoms in total. The van der Waals surface area contributed by atoms with Crippen molar-refractivity contribution in [3.8, 4) is 23.0 Å². The van der Waals surface area contributed by atoms with Gasteiger partial charge in [0, 0.05) is 10.8 Å². The van der Waals surface area contributed by atoms with Gasteiger partial charge in [0.05, 0.1) is 0 Å². The Morgan fingerprint density at radius 3 is 1.29 bits per heavy atom. The maximum Gasteiger partial charge on any atom is 0.204 e.